The lowest BCUT2D eigenvalue weighted by Crippen LogP contribution is -2.19. The summed E-state index contributed by atoms with van der Waals surface area (Å²) in [6.07, 6.45) is 0.965. The van der Waals surface area contributed by atoms with Gasteiger partial charge in [-0.15, -0.1) is 0 Å². The predicted molar refractivity (Wildman–Crippen MR) is 87.7 cm³/mol. The molecule has 0 radical (unpaired) electrons. The number of nitrogen functional groups attached to an aromatic ring is 1. The monoisotopic (exact) mass is 285 g/mol. The van der Waals surface area contributed by atoms with E-state index in [0.717, 1.165) is 29.2 Å². The second-order valence-electron chi connectivity index (χ2n) is 5.16. The molecule has 0 unspecified atom stereocenters. The summed E-state index contributed by atoms with van der Waals surface area (Å²) in [7, 11) is 2.01. The number of hydrogen-bond donors (Lipinski definition) is 1. The lowest BCUT2D eigenvalue weighted by Gasteiger charge is -2.22. The van der Waals surface area contributed by atoms with E-state index in [0.29, 0.717) is 18.8 Å². The lowest BCUT2D eigenvalue weighted by molar-refractivity contribution is 0.319. The van der Waals surface area contributed by atoms with Crippen molar-refractivity contribution >= 4 is 11.4 Å². The molecule has 1 aromatic carbocycles. The molecular weight excluding hydrogens is 262 g/mol. The van der Waals surface area contributed by atoms with Crippen molar-refractivity contribution in [3.8, 4) is 5.75 Å². The SMILES string of the molecule is CCCOc1cccc(N(C)Cc2cccc(C)n2)c1N. The summed E-state index contributed by atoms with van der Waals surface area (Å²) in [6.45, 7) is 5.46. The minimum atomic E-state index is 0.677. The Labute approximate surface area is 126 Å². The van der Waals surface area contributed by atoms with Crippen molar-refractivity contribution in [2.45, 2.75) is 26.8 Å². The fourth-order valence-electron chi connectivity index (χ4n) is 2.22. The van der Waals surface area contributed by atoms with Gasteiger partial charge in [0.25, 0.3) is 0 Å². The molecule has 0 aliphatic carbocycles. The van der Waals surface area contributed by atoms with Crippen molar-refractivity contribution in [1.82, 2.24) is 4.98 Å². The fourth-order valence-corrected chi connectivity index (χ4v) is 2.22. The van der Waals surface area contributed by atoms with Gasteiger partial charge < -0.3 is 15.4 Å². The maximum Gasteiger partial charge on any atom is 0.144 e. The van der Waals surface area contributed by atoms with Gasteiger partial charge >= 0.3 is 0 Å². The third-order valence-corrected chi connectivity index (χ3v) is 3.26. The first kappa shape index (κ1) is 15.2. The van der Waals surface area contributed by atoms with Gasteiger partial charge in [0.1, 0.15) is 5.75 Å². The Morgan fingerprint density at radius 3 is 2.67 bits per heavy atom. The van der Waals surface area contributed by atoms with E-state index in [2.05, 4.69) is 16.8 Å². The van der Waals surface area contributed by atoms with Crippen molar-refractivity contribution in [2.75, 3.05) is 24.3 Å². The molecule has 2 rings (SSSR count). The Kier molecular flexibility index (Phi) is 5.04. The number of aryl methyl sites for hydroxylation is 1. The van der Waals surface area contributed by atoms with Crippen LogP contribution in [0, 0.1) is 6.92 Å². The summed E-state index contributed by atoms with van der Waals surface area (Å²) in [4.78, 5) is 6.62. The molecule has 0 amide bonds. The van der Waals surface area contributed by atoms with Crippen LogP contribution in [0.3, 0.4) is 0 Å². The third-order valence-electron chi connectivity index (χ3n) is 3.26. The lowest BCUT2D eigenvalue weighted by atomic mass is 10.2. The number of rotatable bonds is 6. The van der Waals surface area contributed by atoms with Gasteiger partial charge in [-0.3, -0.25) is 4.98 Å². The van der Waals surface area contributed by atoms with Crippen LogP contribution in [0.2, 0.25) is 0 Å². The molecule has 21 heavy (non-hydrogen) atoms. The minimum absolute atomic E-state index is 0.677. The average Bonchev–Trinajstić information content (AvgIpc) is 2.46. The van der Waals surface area contributed by atoms with Crippen LogP contribution in [0.4, 0.5) is 11.4 Å². The van der Waals surface area contributed by atoms with Crippen molar-refractivity contribution in [3.05, 3.63) is 47.8 Å². The number of benzene rings is 1. The van der Waals surface area contributed by atoms with Gasteiger partial charge in [0.2, 0.25) is 0 Å². The van der Waals surface area contributed by atoms with E-state index in [9.17, 15) is 0 Å². The third kappa shape index (κ3) is 3.88. The maximum absolute atomic E-state index is 6.22. The van der Waals surface area contributed by atoms with Crippen molar-refractivity contribution in [2.24, 2.45) is 0 Å². The van der Waals surface area contributed by atoms with Gasteiger partial charge in [-0.25, -0.2) is 0 Å². The highest BCUT2D eigenvalue weighted by molar-refractivity contribution is 5.73. The average molecular weight is 285 g/mol. The number of ether oxygens (including phenoxy) is 1. The number of nitrogens with zero attached hydrogens (tertiary/aromatic N) is 2. The first-order valence-electron chi connectivity index (χ1n) is 7.26. The van der Waals surface area contributed by atoms with Gasteiger partial charge in [0, 0.05) is 12.7 Å². The van der Waals surface area contributed by atoms with E-state index in [1.54, 1.807) is 0 Å². The van der Waals surface area contributed by atoms with Crippen LogP contribution in [0.1, 0.15) is 24.7 Å². The van der Waals surface area contributed by atoms with Gasteiger partial charge in [-0.05, 0) is 37.6 Å². The van der Waals surface area contributed by atoms with Crippen LogP contribution in [0.15, 0.2) is 36.4 Å². The van der Waals surface area contributed by atoms with Gasteiger partial charge in [-0.2, -0.15) is 0 Å². The Hall–Kier alpha value is -2.23. The Morgan fingerprint density at radius 1 is 1.19 bits per heavy atom. The van der Waals surface area contributed by atoms with Crippen LogP contribution in [-0.4, -0.2) is 18.6 Å². The van der Waals surface area contributed by atoms with E-state index in [1.807, 2.05) is 50.4 Å². The molecular formula is C17H23N3O. The smallest absolute Gasteiger partial charge is 0.144 e. The minimum Gasteiger partial charge on any atom is -0.491 e. The molecule has 1 heterocycles. The Balaban J connectivity index is 2.17. The zero-order chi connectivity index (χ0) is 15.2. The quantitative estimate of drug-likeness (QED) is 0.826. The first-order chi connectivity index (χ1) is 10.1. The summed E-state index contributed by atoms with van der Waals surface area (Å²) < 4.78 is 5.68. The van der Waals surface area contributed by atoms with Crippen molar-refractivity contribution < 1.29 is 4.74 Å². The molecule has 112 valence electrons. The molecule has 2 aromatic rings. The summed E-state index contributed by atoms with van der Waals surface area (Å²) >= 11 is 0. The second-order valence-corrected chi connectivity index (χ2v) is 5.16. The molecule has 4 heteroatoms. The number of para-hydroxylation sites is 1. The Morgan fingerprint density at radius 2 is 1.95 bits per heavy atom. The summed E-state index contributed by atoms with van der Waals surface area (Å²) in [5, 5.41) is 0. The number of anilines is 2. The molecule has 0 bridgehead atoms. The van der Waals surface area contributed by atoms with E-state index in [4.69, 9.17) is 10.5 Å². The van der Waals surface area contributed by atoms with Gasteiger partial charge in [-0.1, -0.05) is 19.1 Å². The van der Waals surface area contributed by atoms with E-state index in [1.165, 1.54) is 0 Å². The number of nitrogens with two attached hydrogens (primary N) is 1. The zero-order valence-corrected chi connectivity index (χ0v) is 13.0. The van der Waals surface area contributed by atoms with Crippen molar-refractivity contribution in [3.63, 3.8) is 0 Å². The van der Waals surface area contributed by atoms with Gasteiger partial charge in [0.05, 0.1) is 30.2 Å². The fraction of sp³-hybridized carbons (Fsp3) is 0.353. The zero-order valence-electron chi connectivity index (χ0n) is 13.0. The van der Waals surface area contributed by atoms with E-state index >= 15 is 0 Å². The molecule has 0 aliphatic rings. The highest BCUT2D eigenvalue weighted by Gasteiger charge is 2.11. The molecule has 0 spiro atoms. The van der Waals surface area contributed by atoms with Crippen LogP contribution < -0.4 is 15.4 Å². The van der Waals surface area contributed by atoms with Crippen LogP contribution >= 0.6 is 0 Å². The Bertz CT molecular complexity index is 598. The molecule has 0 fully saturated rings. The highest BCUT2D eigenvalue weighted by Crippen LogP contribution is 2.32. The molecule has 0 saturated carbocycles. The number of aromatic nitrogens is 1. The summed E-state index contributed by atoms with van der Waals surface area (Å²) in [5.41, 5.74) is 9.91. The highest BCUT2D eigenvalue weighted by atomic mass is 16.5. The molecule has 1 aromatic heterocycles. The van der Waals surface area contributed by atoms with Crippen LogP contribution in [0.5, 0.6) is 5.75 Å². The normalized spacial score (nSPS) is 10.4. The maximum atomic E-state index is 6.22. The second kappa shape index (κ2) is 6.97. The van der Waals surface area contributed by atoms with Crippen LogP contribution in [0.25, 0.3) is 0 Å². The first-order valence-corrected chi connectivity index (χ1v) is 7.26. The topological polar surface area (TPSA) is 51.4 Å². The largest absolute Gasteiger partial charge is 0.491 e. The number of hydrogen-bond acceptors (Lipinski definition) is 4. The van der Waals surface area contributed by atoms with Gasteiger partial charge in [0.15, 0.2) is 0 Å². The molecule has 0 atom stereocenters. The standard InChI is InChI=1S/C17H23N3O/c1-4-11-21-16-10-6-9-15(17(16)18)20(3)12-14-8-5-7-13(2)19-14/h5-10H,4,11-12,18H2,1-3H3. The molecule has 2 N–H and O–H groups in total. The molecule has 0 aliphatic heterocycles. The van der Waals surface area contributed by atoms with Crippen molar-refractivity contribution in [1.29, 1.82) is 0 Å². The molecule has 0 saturated heterocycles. The predicted octanol–water partition coefficient (Wildman–Crippen LogP) is 3.40. The van der Waals surface area contributed by atoms with E-state index in [-0.39, 0.29) is 0 Å². The number of pyridine rings is 1. The summed E-state index contributed by atoms with van der Waals surface area (Å²) in [5.74, 6) is 0.749. The van der Waals surface area contributed by atoms with Crippen LogP contribution in [-0.2, 0) is 6.54 Å². The van der Waals surface area contributed by atoms with E-state index < -0.39 is 0 Å². The molecule has 4 nitrogen and oxygen atoms in total. The summed E-state index contributed by atoms with van der Waals surface area (Å²) in [6, 6.07) is 11.9.